The molecule has 1 aliphatic rings. The van der Waals surface area contributed by atoms with Crippen molar-refractivity contribution in [1.29, 1.82) is 0 Å². The normalized spacial score (nSPS) is 21.5. The number of ether oxygens (including phenoxy) is 3. The van der Waals surface area contributed by atoms with Crippen LogP contribution in [0.4, 0.5) is 4.79 Å². The Balaban J connectivity index is 3.25. The Hall–Kier alpha value is -2.62. The van der Waals surface area contributed by atoms with Gasteiger partial charge in [0.15, 0.2) is 5.96 Å². The van der Waals surface area contributed by atoms with Gasteiger partial charge in [0.05, 0.1) is 37.0 Å². The van der Waals surface area contributed by atoms with Gasteiger partial charge in [0.2, 0.25) is 5.91 Å². The summed E-state index contributed by atoms with van der Waals surface area (Å²) in [7, 11) is 0. The van der Waals surface area contributed by atoms with Crippen LogP contribution in [0.5, 0.6) is 0 Å². The minimum Gasteiger partial charge on any atom is -0.463 e. The Morgan fingerprint density at radius 1 is 1.23 bits per heavy atom. The molecule has 31 heavy (non-hydrogen) atoms. The molecule has 4 N–H and O–H groups in total. The van der Waals surface area contributed by atoms with Crippen LogP contribution in [0.3, 0.4) is 0 Å². The minimum atomic E-state index is -0.742. The maximum absolute atomic E-state index is 12.4. The highest BCUT2D eigenvalue weighted by Crippen LogP contribution is 2.27. The van der Waals surface area contributed by atoms with Crippen molar-refractivity contribution in [2.45, 2.75) is 91.2 Å². The molecule has 10 nitrogen and oxygen atoms in total. The average molecular weight is 441 g/mol. The van der Waals surface area contributed by atoms with Crippen molar-refractivity contribution in [3.8, 4) is 0 Å². The summed E-state index contributed by atoms with van der Waals surface area (Å²) in [5.74, 6) is -0.938. The number of guanidine groups is 1. The van der Waals surface area contributed by atoms with Crippen LogP contribution in [0.1, 0.15) is 60.8 Å². The Labute approximate surface area is 184 Å². The van der Waals surface area contributed by atoms with E-state index in [0.29, 0.717) is 5.57 Å². The van der Waals surface area contributed by atoms with Gasteiger partial charge in [0.25, 0.3) is 0 Å². The van der Waals surface area contributed by atoms with Crippen molar-refractivity contribution in [2.24, 2.45) is 10.7 Å². The zero-order valence-corrected chi connectivity index (χ0v) is 19.3. The number of aliphatic imine (C=N–C) groups is 1. The Kier molecular flexibility index (Phi) is 11.0. The quantitative estimate of drug-likeness (QED) is 0.282. The van der Waals surface area contributed by atoms with Crippen LogP contribution >= 0.6 is 0 Å². The standard InChI is InChI=1S/C21H36N4O6/c1-7-15(8-2)31-17-11-14(19(27)29-9-3)10-16(18(17)23-13(6)26)24-20(22)25-21(28)30-12(4)5/h11-12,15-18H,7-10H2,1-6H3,(H,23,26)(H3,22,24,25,28)/t16-,17+,18+/m0/s1. The lowest BCUT2D eigenvalue weighted by Gasteiger charge is -2.36. The second-order valence-electron chi connectivity index (χ2n) is 7.54. The van der Waals surface area contributed by atoms with Gasteiger partial charge in [0.1, 0.15) is 0 Å². The van der Waals surface area contributed by atoms with E-state index in [1.807, 2.05) is 13.8 Å². The van der Waals surface area contributed by atoms with Gasteiger partial charge >= 0.3 is 12.1 Å². The Morgan fingerprint density at radius 2 is 1.87 bits per heavy atom. The number of nitrogens with zero attached hydrogens (tertiary/aromatic N) is 1. The molecule has 176 valence electrons. The highest BCUT2D eigenvalue weighted by Gasteiger charge is 2.38. The molecule has 10 heteroatoms. The van der Waals surface area contributed by atoms with Crippen molar-refractivity contribution in [3.63, 3.8) is 0 Å². The predicted octanol–water partition coefficient (Wildman–Crippen LogP) is 1.78. The van der Waals surface area contributed by atoms with E-state index >= 15 is 0 Å². The molecule has 0 aliphatic heterocycles. The van der Waals surface area contributed by atoms with Crippen molar-refractivity contribution >= 4 is 23.9 Å². The van der Waals surface area contributed by atoms with E-state index in [4.69, 9.17) is 19.9 Å². The summed E-state index contributed by atoms with van der Waals surface area (Å²) in [4.78, 5) is 40.5. The van der Waals surface area contributed by atoms with E-state index in [9.17, 15) is 14.4 Å². The average Bonchev–Trinajstić information content (AvgIpc) is 2.66. The third kappa shape index (κ3) is 8.95. The molecule has 2 amide bonds. The molecule has 1 aliphatic carbocycles. The third-order valence-corrected chi connectivity index (χ3v) is 4.61. The zero-order valence-electron chi connectivity index (χ0n) is 19.3. The van der Waals surface area contributed by atoms with Crippen molar-refractivity contribution < 1.29 is 28.6 Å². The van der Waals surface area contributed by atoms with Crippen LogP contribution in [0.2, 0.25) is 0 Å². The van der Waals surface area contributed by atoms with Crippen LogP contribution in [0, 0.1) is 0 Å². The van der Waals surface area contributed by atoms with Crippen molar-refractivity contribution in [3.05, 3.63) is 11.6 Å². The largest absolute Gasteiger partial charge is 0.463 e. The number of nitrogens with one attached hydrogen (secondary N) is 2. The number of nitrogens with two attached hydrogens (primary N) is 1. The second kappa shape index (κ2) is 12.9. The van der Waals surface area contributed by atoms with Gasteiger partial charge in [-0.1, -0.05) is 13.8 Å². The van der Waals surface area contributed by atoms with Gasteiger partial charge in [-0.3, -0.25) is 10.1 Å². The second-order valence-corrected chi connectivity index (χ2v) is 7.54. The van der Waals surface area contributed by atoms with E-state index in [1.54, 1.807) is 26.8 Å². The summed E-state index contributed by atoms with van der Waals surface area (Å²) in [6.07, 6.45) is 1.61. The number of carbonyl (C=O) groups excluding carboxylic acids is 3. The smallest absolute Gasteiger partial charge is 0.414 e. The molecule has 0 saturated carbocycles. The molecule has 0 saturated heterocycles. The first kappa shape index (κ1) is 26.4. The summed E-state index contributed by atoms with van der Waals surface area (Å²) < 4.78 is 16.3. The molecule has 1 rings (SSSR count). The van der Waals surface area contributed by atoms with E-state index in [-0.39, 0.29) is 37.1 Å². The fourth-order valence-corrected chi connectivity index (χ4v) is 3.24. The number of esters is 1. The van der Waals surface area contributed by atoms with Crippen LogP contribution in [-0.2, 0) is 23.8 Å². The third-order valence-electron chi connectivity index (χ3n) is 4.61. The first-order valence-electron chi connectivity index (χ1n) is 10.7. The Morgan fingerprint density at radius 3 is 2.39 bits per heavy atom. The van der Waals surface area contributed by atoms with Crippen LogP contribution in [0.25, 0.3) is 0 Å². The first-order valence-corrected chi connectivity index (χ1v) is 10.7. The van der Waals surface area contributed by atoms with E-state index in [1.165, 1.54) is 6.92 Å². The molecule has 0 fully saturated rings. The number of carbonyl (C=O) groups is 3. The fourth-order valence-electron chi connectivity index (χ4n) is 3.24. The van der Waals surface area contributed by atoms with Crippen molar-refractivity contribution in [2.75, 3.05) is 6.61 Å². The summed E-state index contributed by atoms with van der Waals surface area (Å²) in [5, 5.41) is 5.21. The van der Waals surface area contributed by atoms with E-state index in [2.05, 4.69) is 15.6 Å². The monoisotopic (exact) mass is 440 g/mol. The molecule has 0 unspecified atom stereocenters. The highest BCUT2D eigenvalue weighted by molar-refractivity contribution is 5.93. The lowest BCUT2D eigenvalue weighted by atomic mass is 9.88. The number of rotatable bonds is 9. The summed E-state index contributed by atoms with van der Waals surface area (Å²) in [6.45, 7) is 10.7. The SMILES string of the molecule is CCOC(=O)C1=C[C@@H](OC(CC)CC)[C@H](NC(C)=O)[C@@H](N=C(N)NC(=O)OC(C)C)C1. The number of alkyl carbamates (subject to hydrolysis) is 1. The molecule has 0 spiro atoms. The van der Waals surface area contributed by atoms with Crippen LogP contribution in [0.15, 0.2) is 16.6 Å². The van der Waals surface area contributed by atoms with Gasteiger partial charge in [-0.15, -0.1) is 0 Å². The molecule has 3 atom stereocenters. The molecule has 0 aromatic carbocycles. The fraction of sp³-hybridized carbons (Fsp3) is 0.714. The maximum Gasteiger partial charge on any atom is 0.414 e. The number of hydrogen-bond acceptors (Lipinski definition) is 7. The molecule has 0 heterocycles. The van der Waals surface area contributed by atoms with E-state index in [0.717, 1.165) is 12.8 Å². The van der Waals surface area contributed by atoms with Crippen LogP contribution < -0.4 is 16.4 Å². The van der Waals surface area contributed by atoms with E-state index < -0.39 is 30.3 Å². The number of hydrogen-bond donors (Lipinski definition) is 3. The maximum atomic E-state index is 12.4. The van der Waals surface area contributed by atoms with Gasteiger partial charge < -0.3 is 25.3 Å². The van der Waals surface area contributed by atoms with Crippen LogP contribution in [-0.4, -0.2) is 60.9 Å². The van der Waals surface area contributed by atoms with Crippen molar-refractivity contribution in [1.82, 2.24) is 10.6 Å². The molecule has 0 radical (unpaired) electrons. The molecule has 0 bridgehead atoms. The van der Waals surface area contributed by atoms with Gasteiger partial charge in [0, 0.05) is 18.9 Å². The first-order chi connectivity index (χ1) is 14.6. The summed E-state index contributed by atoms with van der Waals surface area (Å²) in [5.41, 5.74) is 6.28. The van der Waals surface area contributed by atoms with Gasteiger partial charge in [-0.25, -0.2) is 14.6 Å². The predicted molar refractivity (Wildman–Crippen MR) is 116 cm³/mol. The topological polar surface area (TPSA) is 141 Å². The Bertz CT molecular complexity index is 687. The summed E-state index contributed by atoms with van der Waals surface area (Å²) in [6, 6.07) is -1.25. The minimum absolute atomic E-state index is 0.0693. The molecule has 0 aromatic rings. The van der Waals surface area contributed by atoms with Gasteiger partial charge in [-0.2, -0.15) is 0 Å². The molecular weight excluding hydrogens is 404 g/mol. The summed E-state index contributed by atoms with van der Waals surface area (Å²) >= 11 is 0. The molecular formula is C21H36N4O6. The lowest BCUT2D eigenvalue weighted by Crippen LogP contribution is -2.54. The molecule has 0 aromatic heterocycles. The zero-order chi connectivity index (χ0) is 23.6. The van der Waals surface area contributed by atoms with Gasteiger partial charge in [-0.05, 0) is 39.7 Å². The lowest BCUT2D eigenvalue weighted by molar-refractivity contribution is -0.139. The highest BCUT2D eigenvalue weighted by atomic mass is 16.6. The number of amides is 2.